The molecule has 0 saturated carbocycles. The lowest BCUT2D eigenvalue weighted by Gasteiger charge is -2.16. The molecular formula is C21H17Cl2FN8O2. The molecule has 3 aromatic heterocycles. The first-order valence-electron chi connectivity index (χ1n) is 9.89. The van der Waals surface area contributed by atoms with Crippen LogP contribution in [0.2, 0.25) is 10.0 Å². The molecule has 174 valence electrons. The molecule has 0 aliphatic carbocycles. The maximum absolute atomic E-state index is 13.3. The van der Waals surface area contributed by atoms with Crippen LogP contribution in [0.1, 0.15) is 24.5 Å². The third kappa shape index (κ3) is 5.56. The Hall–Kier alpha value is -3.83. The lowest BCUT2D eigenvalue weighted by atomic mass is 10.3. The van der Waals surface area contributed by atoms with E-state index >= 15 is 0 Å². The van der Waals surface area contributed by atoms with E-state index in [1.807, 2.05) is 0 Å². The summed E-state index contributed by atoms with van der Waals surface area (Å²) in [4.78, 5) is 28.8. The number of nitrogens with one attached hydrogen (secondary N) is 2. The number of carbonyl (C=O) groups excluding carboxylic acids is 1. The number of benzene rings is 1. The largest absolute Gasteiger partial charge is 0.486 e. The average molecular weight is 503 g/mol. The molecule has 0 radical (unpaired) electrons. The molecule has 1 unspecified atom stereocenters. The number of pyridine rings is 1. The third-order valence-electron chi connectivity index (χ3n) is 4.47. The summed E-state index contributed by atoms with van der Waals surface area (Å²) < 4.78 is 20.3. The Labute approximate surface area is 203 Å². The Morgan fingerprint density at radius 3 is 2.71 bits per heavy atom. The van der Waals surface area contributed by atoms with E-state index in [4.69, 9.17) is 27.9 Å². The highest BCUT2D eigenvalue weighted by Crippen LogP contribution is 2.34. The predicted molar refractivity (Wildman–Crippen MR) is 123 cm³/mol. The van der Waals surface area contributed by atoms with Gasteiger partial charge in [-0.25, -0.2) is 24.7 Å². The fourth-order valence-corrected chi connectivity index (χ4v) is 3.42. The van der Waals surface area contributed by atoms with Crippen molar-refractivity contribution in [3.8, 4) is 11.7 Å². The van der Waals surface area contributed by atoms with E-state index in [2.05, 4.69) is 35.7 Å². The predicted octanol–water partition coefficient (Wildman–Crippen LogP) is 4.36. The molecule has 2 amide bonds. The summed E-state index contributed by atoms with van der Waals surface area (Å²) in [5.41, 5.74) is 0.629. The van der Waals surface area contributed by atoms with Crippen LogP contribution in [-0.2, 0) is 6.61 Å². The summed E-state index contributed by atoms with van der Waals surface area (Å²) in [5, 5.41) is 9.94. The van der Waals surface area contributed by atoms with E-state index < -0.39 is 18.0 Å². The van der Waals surface area contributed by atoms with Crippen molar-refractivity contribution in [1.82, 2.24) is 35.0 Å². The van der Waals surface area contributed by atoms with Crippen LogP contribution in [0.5, 0.6) is 5.75 Å². The van der Waals surface area contributed by atoms with E-state index in [9.17, 15) is 9.18 Å². The standard InChI is InChI=1S/C21H17Cl2FN8O2/c1-12(19-27-11-28-32(19)20-25-6-3-7-26-20)29-21(33)31-16-9-17(15(23)8-14(16)22)34-10-13-4-2-5-18(24)30-13/h2-9,11-12H,10H2,1H3,(H2,29,31,33). The number of aromatic nitrogens is 6. The van der Waals surface area contributed by atoms with Crippen molar-refractivity contribution in [3.05, 3.63) is 82.6 Å². The van der Waals surface area contributed by atoms with Crippen molar-refractivity contribution in [3.63, 3.8) is 0 Å². The zero-order chi connectivity index (χ0) is 24.1. The molecule has 0 aliphatic rings. The molecule has 10 nitrogen and oxygen atoms in total. The highest BCUT2D eigenvalue weighted by Gasteiger charge is 2.19. The summed E-state index contributed by atoms with van der Waals surface area (Å²) in [5.74, 6) is 0.363. The quantitative estimate of drug-likeness (QED) is 0.360. The van der Waals surface area contributed by atoms with Gasteiger partial charge in [-0.15, -0.1) is 0 Å². The average Bonchev–Trinajstić information content (AvgIpc) is 3.31. The summed E-state index contributed by atoms with van der Waals surface area (Å²) >= 11 is 12.4. The van der Waals surface area contributed by atoms with Crippen LogP contribution in [-0.4, -0.2) is 35.7 Å². The molecule has 3 heterocycles. The van der Waals surface area contributed by atoms with Gasteiger partial charge in [0.15, 0.2) is 5.82 Å². The SMILES string of the molecule is CC(NC(=O)Nc1cc(OCc2cccc(F)n2)c(Cl)cc1Cl)c1ncnn1-c1ncccn1. The van der Waals surface area contributed by atoms with Crippen LogP contribution in [0.15, 0.2) is 55.1 Å². The molecule has 34 heavy (non-hydrogen) atoms. The fourth-order valence-electron chi connectivity index (χ4n) is 2.94. The number of ether oxygens (including phenoxy) is 1. The molecule has 2 N–H and O–H groups in total. The lowest BCUT2D eigenvalue weighted by molar-refractivity contribution is 0.248. The summed E-state index contributed by atoms with van der Waals surface area (Å²) in [7, 11) is 0. The van der Waals surface area contributed by atoms with E-state index in [-0.39, 0.29) is 28.1 Å². The van der Waals surface area contributed by atoms with E-state index in [1.165, 1.54) is 35.3 Å². The van der Waals surface area contributed by atoms with Crippen LogP contribution in [0.25, 0.3) is 5.95 Å². The minimum atomic E-state index is -0.619. The Morgan fingerprint density at radius 1 is 1.15 bits per heavy atom. The molecule has 0 saturated heterocycles. The third-order valence-corrected chi connectivity index (χ3v) is 5.08. The number of carbonyl (C=O) groups is 1. The van der Waals surface area contributed by atoms with Gasteiger partial charge in [0.1, 0.15) is 18.7 Å². The van der Waals surface area contributed by atoms with Crippen LogP contribution in [0.4, 0.5) is 14.9 Å². The Morgan fingerprint density at radius 2 is 1.94 bits per heavy atom. The summed E-state index contributed by atoms with van der Waals surface area (Å²) in [6.07, 6.45) is 4.49. The molecule has 0 spiro atoms. The van der Waals surface area contributed by atoms with Gasteiger partial charge in [0.25, 0.3) is 5.95 Å². The number of urea groups is 1. The number of rotatable bonds is 7. The topological polar surface area (TPSA) is 120 Å². The molecule has 4 rings (SSSR count). The van der Waals surface area contributed by atoms with Gasteiger partial charge in [0.05, 0.1) is 27.5 Å². The molecule has 4 aromatic rings. The smallest absolute Gasteiger partial charge is 0.319 e. The lowest BCUT2D eigenvalue weighted by Crippen LogP contribution is -2.32. The molecular weight excluding hydrogens is 486 g/mol. The first-order chi connectivity index (χ1) is 16.4. The zero-order valence-electron chi connectivity index (χ0n) is 17.6. The number of hydrogen-bond acceptors (Lipinski definition) is 7. The number of halogens is 3. The molecule has 13 heteroatoms. The van der Waals surface area contributed by atoms with Crippen molar-refractivity contribution in [1.29, 1.82) is 0 Å². The Balaban J connectivity index is 1.44. The summed E-state index contributed by atoms with van der Waals surface area (Å²) in [6, 6.07) is 7.83. The second-order valence-electron chi connectivity index (χ2n) is 6.90. The minimum Gasteiger partial charge on any atom is -0.486 e. The highest BCUT2D eigenvalue weighted by molar-refractivity contribution is 6.37. The van der Waals surface area contributed by atoms with Gasteiger partial charge in [0, 0.05) is 18.5 Å². The van der Waals surface area contributed by atoms with Crippen molar-refractivity contribution >= 4 is 34.9 Å². The van der Waals surface area contributed by atoms with E-state index in [0.717, 1.165) is 0 Å². The van der Waals surface area contributed by atoms with Gasteiger partial charge in [0.2, 0.25) is 5.95 Å². The van der Waals surface area contributed by atoms with Crippen molar-refractivity contribution in [2.24, 2.45) is 0 Å². The van der Waals surface area contributed by atoms with Gasteiger partial charge in [-0.05, 0) is 31.2 Å². The normalized spacial score (nSPS) is 11.6. The maximum Gasteiger partial charge on any atom is 0.319 e. The second-order valence-corrected chi connectivity index (χ2v) is 7.72. The van der Waals surface area contributed by atoms with Crippen LogP contribution >= 0.6 is 23.2 Å². The van der Waals surface area contributed by atoms with Gasteiger partial charge in [-0.2, -0.15) is 14.2 Å². The van der Waals surface area contributed by atoms with Crippen LogP contribution < -0.4 is 15.4 Å². The first-order valence-corrected chi connectivity index (χ1v) is 10.6. The molecule has 0 aliphatic heterocycles. The summed E-state index contributed by atoms with van der Waals surface area (Å²) in [6.45, 7) is 1.70. The number of amides is 2. The van der Waals surface area contributed by atoms with E-state index in [1.54, 1.807) is 31.5 Å². The number of anilines is 1. The minimum absolute atomic E-state index is 0.0288. The Bertz CT molecular complexity index is 1310. The second kappa shape index (κ2) is 10.4. The van der Waals surface area contributed by atoms with Gasteiger partial charge in [-0.1, -0.05) is 29.3 Å². The molecule has 1 aromatic carbocycles. The van der Waals surface area contributed by atoms with Gasteiger partial charge >= 0.3 is 6.03 Å². The first kappa shape index (κ1) is 23.3. The monoisotopic (exact) mass is 502 g/mol. The van der Waals surface area contributed by atoms with Crippen molar-refractivity contribution in [2.45, 2.75) is 19.6 Å². The number of nitrogens with zero attached hydrogens (tertiary/aromatic N) is 6. The van der Waals surface area contributed by atoms with Crippen LogP contribution in [0, 0.1) is 5.95 Å². The van der Waals surface area contributed by atoms with Crippen molar-refractivity contribution < 1.29 is 13.9 Å². The molecule has 1 atom stereocenters. The fraction of sp³-hybridized carbons (Fsp3) is 0.143. The van der Waals surface area contributed by atoms with Crippen LogP contribution in [0.3, 0.4) is 0 Å². The highest BCUT2D eigenvalue weighted by atomic mass is 35.5. The Kier molecular flexibility index (Phi) is 7.14. The van der Waals surface area contributed by atoms with Crippen molar-refractivity contribution in [2.75, 3.05) is 5.32 Å². The molecule has 0 fully saturated rings. The van der Waals surface area contributed by atoms with Gasteiger partial charge in [-0.3, -0.25) is 0 Å². The number of hydrogen-bond donors (Lipinski definition) is 2. The van der Waals surface area contributed by atoms with E-state index in [0.29, 0.717) is 17.5 Å². The maximum atomic E-state index is 13.3. The molecule has 0 bridgehead atoms. The van der Waals surface area contributed by atoms with Gasteiger partial charge < -0.3 is 15.4 Å². The zero-order valence-corrected chi connectivity index (χ0v) is 19.1.